The number of aromatic nitrogens is 4. The summed E-state index contributed by atoms with van der Waals surface area (Å²) >= 11 is 0. The summed E-state index contributed by atoms with van der Waals surface area (Å²) in [7, 11) is 3.79. The van der Waals surface area contributed by atoms with E-state index in [1.807, 2.05) is 23.3 Å². The van der Waals surface area contributed by atoms with Gasteiger partial charge in [0, 0.05) is 19.2 Å². The molecule has 1 aliphatic heterocycles. The highest BCUT2D eigenvalue weighted by molar-refractivity contribution is 5.98. The average molecular weight is 449 g/mol. The van der Waals surface area contributed by atoms with E-state index in [4.69, 9.17) is 5.26 Å². The third-order valence-corrected chi connectivity index (χ3v) is 5.08. The maximum atomic E-state index is 12.6. The normalized spacial score (nSPS) is 15.1. The summed E-state index contributed by atoms with van der Waals surface area (Å²) in [4.78, 5) is 24.4. The first-order valence-electron chi connectivity index (χ1n) is 9.79. The standard InChI is InChI=1S/C19H22F3N9O/c1-30-5-3-13(4-6-30)31(2)14-7-15(27-16-10-24-12(8-23)9-25-16)28-29-17(14)18(32)26-11-19(20,21)22/h7,9-10,13H,3-6,11H2,1-2H3,(H,26,32)(H,25,27,28). The molecule has 32 heavy (non-hydrogen) atoms. The molecule has 3 rings (SSSR count). The summed E-state index contributed by atoms with van der Waals surface area (Å²) in [5, 5.41) is 21.4. The molecule has 0 radical (unpaired) electrons. The van der Waals surface area contributed by atoms with Gasteiger partial charge in [-0.2, -0.15) is 18.4 Å². The number of piperidine rings is 1. The van der Waals surface area contributed by atoms with Crippen LogP contribution in [-0.2, 0) is 0 Å². The molecule has 0 aliphatic carbocycles. The van der Waals surface area contributed by atoms with Gasteiger partial charge in [-0.15, -0.1) is 10.2 Å². The number of hydrogen-bond acceptors (Lipinski definition) is 9. The number of alkyl halides is 3. The molecule has 1 fully saturated rings. The van der Waals surface area contributed by atoms with Crippen LogP contribution in [0.25, 0.3) is 0 Å². The molecule has 0 spiro atoms. The Hall–Kier alpha value is -3.53. The van der Waals surface area contributed by atoms with E-state index in [0.717, 1.165) is 25.9 Å². The van der Waals surface area contributed by atoms with Crippen LogP contribution in [0.5, 0.6) is 0 Å². The number of anilines is 3. The summed E-state index contributed by atoms with van der Waals surface area (Å²) in [6.45, 7) is 0.246. The molecule has 2 N–H and O–H groups in total. The highest BCUT2D eigenvalue weighted by Gasteiger charge is 2.30. The van der Waals surface area contributed by atoms with Crippen LogP contribution < -0.4 is 15.5 Å². The molecule has 0 saturated carbocycles. The van der Waals surface area contributed by atoms with Crippen molar-refractivity contribution in [3.8, 4) is 6.07 Å². The molecule has 3 heterocycles. The molecule has 0 aromatic carbocycles. The van der Waals surface area contributed by atoms with Crippen molar-refractivity contribution in [3.63, 3.8) is 0 Å². The van der Waals surface area contributed by atoms with Gasteiger partial charge >= 0.3 is 6.18 Å². The summed E-state index contributed by atoms with van der Waals surface area (Å²) < 4.78 is 37.7. The average Bonchev–Trinajstić information content (AvgIpc) is 2.77. The van der Waals surface area contributed by atoms with E-state index in [1.165, 1.54) is 18.5 Å². The number of amides is 1. The highest BCUT2D eigenvalue weighted by atomic mass is 19.4. The van der Waals surface area contributed by atoms with E-state index in [2.05, 4.69) is 30.4 Å². The van der Waals surface area contributed by atoms with Crippen molar-refractivity contribution in [2.24, 2.45) is 0 Å². The van der Waals surface area contributed by atoms with Gasteiger partial charge in [0.05, 0.1) is 18.1 Å². The van der Waals surface area contributed by atoms with Gasteiger partial charge in [0.15, 0.2) is 17.2 Å². The van der Waals surface area contributed by atoms with Crippen LogP contribution in [0.1, 0.15) is 29.0 Å². The molecule has 1 saturated heterocycles. The molecular weight excluding hydrogens is 427 g/mol. The van der Waals surface area contributed by atoms with Crippen molar-refractivity contribution in [1.82, 2.24) is 30.4 Å². The van der Waals surface area contributed by atoms with Gasteiger partial charge < -0.3 is 20.4 Å². The molecule has 1 aliphatic rings. The molecule has 170 valence electrons. The fourth-order valence-corrected chi connectivity index (χ4v) is 3.30. The maximum absolute atomic E-state index is 12.6. The number of hydrogen-bond donors (Lipinski definition) is 2. The van der Waals surface area contributed by atoms with Crippen LogP contribution in [0, 0.1) is 11.3 Å². The van der Waals surface area contributed by atoms with E-state index in [-0.39, 0.29) is 23.2 Å². The molecule has 2 aromatic heterocycles. The van der Waals surface area contributed by atoms with Gasteiger partial charge in [-0.3, -0.25) is 4.79 Å². The van der Waals surface area contributed by atoms with Crippen LogP contribution in [0.3, 0.4) is 0 Å². The molecule has 2 aromatic rings. The first kappa shape index (κ1) is 23.1. The minimum atomic E-state index is -4.54. The third kappa shape index (κ3) is 6.01. The van der Waals surface area contributed by atoms with E-state index in [9.17, 15) is 18.0 Å². The lowest BCUT2D eigenvalue weighted by Crippen LogP contribution is -2.43. The summed E-state index contributed by atoms with van der Waals surface area (Å²) in [6, 6.07) is 3.47. The lowest BCUT2D eigenvalue weighted by atomic mass is 10.0. The van der Waals surface area contributed by atoms with Gasteiger partial charge in [-0.1, -0.05) is 0 Å². The van der Waals surface area contributed by atoms with Crippen LogP contribution >= 0.6 is 0 Å². The number of nitrogens with zero attached hydrogens (tertiary/aromatic N) is 7. The lowest BCUT2D eigenvalue weighted by Gasteiger charge is -2.36. The summed E-state index contributed by atoms with van der Waals surface area (Å²) in [5.41, 5.74) is 0.284. The van der Waals surface area contributed by atoms with Gasteiger partial charge in [-0.05, 0) is 33.0 Å². The second-order valence-corrected chi connectivity index (χ2v) is 7.43. The first-order valence-corrected chi connectivity index (χ1v) is 9.79. The highest BCUT2D eigenvalue weighted by Crippen LogP contribution is 2.27. The van der Waals surface area contributed by atoms with Crippen LogP contribution in [0.4, 0.5) is 30.5 Å². The molecule has 1 amide bonds. The van der Waals surface area contributed by atoms with Gasteiger partial charge in [-0.25, -0.2) is 9.97 Å². The van der Waals surface area contributed by atoms with Gasteiger partial charge in [0.2, 0.25) is 0 Å². The van der Waals surface area contributed by atoms with E-state index in [0.29, 0.717) is 11.5 Å². The van der Waals surface area contributed by atoms with Gasteiger partial charge in [0.25, 0.3) is 5.91 Å². The Balaban J connectivity index is 1.88. The Morgan fingerprint density at radius 2 is 1.97 bits per heavy atom. The summed E-state index contributed by atoms with van der Waals surface area (Å²) in [5.74, 6) is -0.444. The second kappa shape index (κ2) is 9.73. The van der Waals surface area contributed by atoms with Crippen LogP contribution in [-0.4, -0.2) is 76.9 Å². The van der Waals surface area contributed by atoms with E-state index in [1.54, 1.807) is 7.05 Å². The predicted octanol–water partition coefficient (Wildman–Crippen LogP) is 1.70. The summed E-state index contributed by atoms with van der Waals surface area (Å²) in [6.07, 6.45) is -0.282. The molecule has 0 unspecified atom stereocenters. The minimum Gasteiger partial charge on any atom is -0.369 e. The van der Waals surface area contributed by atoms with E-state index < -0.39 is 18.6 Å². The molecule has 0 atom stereocenters. The van der Waals surface area contributed by atoms with Gasteiger partial charge in [0.1, 0.15) is 18.4 Å². The van der Waals surface area contributed by atoms with Crippen molar-refractivity contribution in [1.29, 1.82) is 5.26 Å². The van der Waals surface area contributed by atoms with Crippen LogP contribution in [0.15, 0.2) is 18.5 Å². The zero-order valence-corrected chi connectivity index (χ0v) is 17.5. The van der Waals surface area contributed by atoms with E-state index >= 15 is 0 Å². The number of halogens is 3. The fourth-order valence-electron chi connectivity index (χ4n) is 3.30. The van der Waals surface area contributed by atoms with Crippen LogP contribution in [0.2, 0.25) is 0 Å². The maximum Gasteiger partial charge on any atom is 0.405 e. The second-order valence-electron chi connectivity index (χ2n) is 7.43. The third-order valence-electron chi connectivity index (χ3n) is 5.08. The number of nitriles is 1. The Morgan fingerprint density at radius 3 is 2.56 bits per heavy atom. The zero-order chi connectivity index (χ0) is 23.3. The number of carbonyl (C=O) groups excluding carboxylic acids is 1. The molecule has 0 bridgehead atoms. The van der Waals surface area contributed by atoms with Crippen molar-refractivity contribution < 1.29 is 18.0 Å². The Morgan fingerprint density at radius 1 is 1.25 bits per heavy atom. The van der Waals surface area contributed by atoms with Crippen molar-refractivity contribution in [3.05, 3.63) is 29.8 Å². The fraction of sp³-hybridized carbons (Fsp3) is 0.474. The SMILES string of the molecule is CN1CCC(N(C)c2cc(Nc3cnc(C#N)cn3)nnc2C(=O)NCC(F)(F)F)CC1. The topological polar surface area (TPSA) is 123 Å². The van der Waals surface area contributed by atoms with Crippen molar-refractivity contribution in [2.75, 3.05) is 43.9 Å². The number of nitrogens with one attached hydrogen (secondary N) is 2. The Kier molecular flexibility index (Phi) is 7.04. The largest absolute Gasteiger partial charge is 0.405 e. The quantitative estimate of drug-likeness (QED) is 0.678. The smallest absolute Gasteiger partial charge is 0.369 e. The molecule has 13 heteroatoms. The lowest BCUT2D eigenvalue weighted by molar-refractivity contribution is -0.123. The Bertz CT molecular complexity index is 983. The Labute approximate surface area is 182 Å². The first-order chi connectivity index (χ1) is 15.2. The monoisotopic (exact) mass is 449 g/mol. The minimum absolute atomic E-state index is 0.0760. The molecule has 10 nitrogen and oxygen atoms in total. The number of rotatable bonds is 6. The predicted molar refractivity (Wildman–Crippen MR) is 109 cm³/mol. The van der Waals surface area contributed by atoms with Crippen molar-refractivity contribution >= 4 is 23.2 Å². The number of carbonyl (C=O) groups is 1. The zero-order valence-electron chi connectivity index (χ0n) is 17.5. The van der Waals surface area contributed by atoms with Crippen molar-refractivity contribution in [2.45, 2.75) is 25.1 Å². The number of likely N-dealkylation sites (tertiary alicyclic amines) is 1. The molecular formula is C19H22F3N9O.